The van der Waals surface area contributed by atoms with E-state index in [0.29, 0.717) is 0 Å². The van der Waals surface area contributed by atoms with Gasteiger partial charge in [0.05, 0.1) is 34.2 Å². The lowest BCUT2D eigenvalue weighted by molar-refractivity contribution is 0.792. The maximum atomic E-state index is 4.86. The number of aromatic nitrogens is 2. The van der Waals surface area contributed by atoms with E-state index >= 15 is 0 Å². The van der Waals surface area contributed by atoms with Gasteiger partial charge in [-0.05, 0) is 84.8 Å². The standard InChI is InChI=1S/C34H42N4Si2/c1-9-23-35-29(17-11-13-25-39(3,4)5)27-31-19-15-21-33(37-31)34-22-16-20-32(38-34)28-30(36-24-10-2)18-12-14-26-40(6,7)8/h15-16,19-22,27-28,35-36H,9-10,23-24H2,1-8H3/b29-27-,30-28-. The van der Waals surface area contributed by atoms with Crippen LogP contribution in [0.2, 0.25) is 39.3 Å². The van der Waals surface area contributed by atoms with Crippen LogP contribution in [0.5, 0.6) is 0 Å². The van der Waals surface area contributed by atoms with Crippen molar-refractivity contribution >= 4 is 28.3 Å². The fourth-order valence-corrected chi connectivity index (χ4v) is 3.94. The first kappa shape index (κ1) is 32.3. The van der Waals surface area contributed by atoms with Crippen LogP contribution in [0.25, 0.3) is 23.5 Å². The van der Waals surface area contributed by atoms with Crippen molar-refractivity contribution in [3.05, 3.63) is 59.2 Å². The van der Waals surface area contributed by atoms with Crippen LogP contribution in [0.15, 0.2) is 47.8 Å². The molecule has 0 aliphatic rings. The predicted molar refractivity (Wildman–Crippen MR) is 178 cm³/mol. The Bertz CT molecular complexity index is 1350. The van der Waals surface area contributed by atoms with E-state index in [2.05, 4.69) is 110 Å². The SMILES string of the molecule is CCCN/C(C#CC#C[Si](C)(C)C)=C\c1cccc(-c2cccc(/C=C(/C#CC#C[Si](C)(C)C)NCCC)n2)n1. The highest BCUT2D eigenvalue weighted by Gasteiger charge is 2.08. The molecule has 2 aromatic rings. The van der Waals surface area contributed by atoms with Crippen molar-refractivity contribution in [2.45, 2.75) is 66.0 Å². The number of rotatable bonds is 9. The van der Waals surface area contributed by atoms with Gasteiger partial charge in [0.25, 0.3) is 0 Å². The summed E-state index contributed by atoms with van der Waals surface area (Å²) >= 11 is 0. The number of nitrogens with zero attached hydrogens (tertiary/aromatic N) is 2. The third-order valence-electron chi connectivity index (χ3n) is 4.91. The molecular weight excluding hydrogens is 521 g/mol. The molecule has 0 unspecified atom stereocenters. The second kappa shape index (κ2) is 16.2. The first-order valence-corrected chi connectivity index (χ1v) is 20.9. The lowest BCUT2D eigenvalue weighted by Crippen LogP contribution is -2.16. The van der Waals surface area contributed by atoms with Gasteiger partial charge in [0.1, 0.15) is 16.1 Å². The van der Waals surface area contributed by atoms with E-state index in [1.54, 1.807) is 0 Å². The molecule has 206 valence electrons. The van der Waals surface area contributed by atoms with Crippen LogP contribution in [-0.2, 0) is 0 Å². The zero-order chi connectivity index (χ0) is 29.4. The third kappa shape index (κ3) is 13.7. The molecule has 6 heteroatoms. The first-order valence-electron chi connectivity index (χ1n) is 13.9. The van der Waals surface area contributed by atoms with Crippen LogP contribution in [0.1, 0.15) is 38.1 Å². The topological polar surface area (TPSA) is 49.8 Å². The summed E-state index contributed by atoms with van der Waals surface area (Å²) in [7, 11) is -2.91. The molecule has 4 nitrogen and oxygen atoms in total. The molecule has 0 fully saturated rings. The minimum absolute atomic E-state index is 0.792. The van der Waals surface area contributed by atoms with E-state index in [1.807, 2.05) is 48.6 Å². The Morgan fingerprint density at radius 2 is 1.05 bits per heavy atom. The van der Waals surface area contributed by atoms with Crippen molar-refractivity contribution in [3.63, 3.8) is 0 Å². The minimum Gasteiger partial charge on any atom is -0.378 e. The summed E-state index contributed by atoms with van der Waals surface area (Å²) in [4.78, 5) is 9.71. The van der Waals surface area contributed by atoms with Crippen molar-refractivity contribution < 1.29 is 0 Å². The van der Waals surface area contributed by atoms with Gasteiger partial charge in [0.15, 0.2) is 0 Å². The summed E-state index contributed by atoms with van der Waals surface area (Å²) in [5, 5.41) is 6.78. The van der Waals surface area contributed by atoms with E-state index in [1.165, 1.54) is 0 Å². The summed E-state index contributed by atoms with van der Waals surface area (Å²) < 4.78 is 0. The number of hydrogen-bond donors (Lipinski definition) is 2. The molecule has 0 aliphatic carbocycles. The van der Waals surface area contributed by atoms with Gasteiger partial charge in [0.2, 0.25) is 0 Å². The van der Waals surface area contributed by atoms with Gasteiger partial charge in [-0.3, -0.25) is 0 Å². The zero-order valence-corrected chi connectivity index (χ0v) is 27.3. The lowest BCUT2D eigenvalue weighted by Gasteiger charge is -2.06. The molecule has 0 aliphatic heterocycles. The highest BCUT2D eigenvalue weighted by Crippen LogP contribution is 2.17. The summed E-state index contributed by atoms with van der Waals surface area (Å²) in [6.07, 6.45) is 5.94. The van der Waals surface area contributed by atoms with Crippen molar-refractivity contribution in [2.24, 2.45) is 0 Å². The predicted octanol–water partition coefficient (Wildman–Crippen LogP) is 6.59. The quantitative estimate of drug-likeness (QED) is 0.267. The van der Waals surface area contributed by atoms with Gasteiger partial charge in [-0.15, -0.1) is 11.1 Å². The minimum atomic E-state index is -1.45. The van der Waals surface area contributed by atoms with Crippen LogP contribution in [-0.4, -0.2) is 39.2 Å². The smallest absolute Gasteiger partial charge is 0.130 e. The molecule has 2 N–H and O–H groups in total. The van der Waals surface area contributed by atoms with Crippen LogP contribution < -0.4 is 10.6 Å². The van der Waals surface area contributed by atoms with E-state index < -0.39 is 16.1 Å². The Morgan fingerprint density at radius 3 is 1.40 bits per heavy atom. The first-order chi connectivity index (χ1) is 19.0. The fraction of sp³-hybridized carbons (Fsp3) is 0.353. The molecular formula is C34H42N4Si2. The fourth-order valence-electron chi connectivity index (χ4n) is 3.06. The molecule has 0 radical (unpaired) electrons. The molecule has 0 saturated heterocycles. The molecule has 0 saturated carbocycles. The van der Waals surface area contributed by atoms with Crippen molar-refractivity contribution in [1.29, 1.82) is 0 Å². The Kier molecular flexibility index (Phi) is 13.1. The van der Waals surface area contributed by atoms with Crippen LogP contribution >= 0.6 is 0 Å². The average Bonchev–Trinajstić information content (AvgIpc) is 2.89. The highest BCUT2D eigenvalue weighted by atomic mass is 28.3. The number of pyridine rings is 2. The molecule has 0 aromatic carbocycles. The maximum absolute atomic E-state index is 4.86. The van der Waals surface area contributed by atoms with Crippen molar-refractivity contribution in [1.82, 2.24) is 20.6 Å². The molecule has 2 aromatic heterocycles. The molecule has 40 heavy (non-hydrogen) atoms. The monoisotopic (exact) mass is 562 g/mol. The van der Waals surface area contributed by atoms with Gasteiger partial charge >= 0.3 is 0 Å². The average molecular weight is 563 g/mol. The second-order valence-electron chi connectivity index (χ2n) is 11.4. The number of hydrogen-bond acceptors (Lipinski definition) is 4. The van der Waals surface area contributed by atoms with Crippen molar-refractivity contribution in [3.8, 4) is 58.0 Å². The van der Waals surface area contributed by atoms with E-state index in [0.717, 1.165) is 60.1 Å². The van der Waals surface area contributed by atoms with Gasteiger partial charge in [-0.1, -0.05) is 65.3 Å². The molecule has 0 atom stereocenters. The molecule has 2 rings (SSSR count). The Hall–Kier alpha value is -3.95. The lowest BCUT2D eigenvalue weighted by atomic mass is 10.2. The van der Waals surface area contributed by atoms with Crippen LogP contribution in [0.4, 0.5) is 0 Å². The Balaban J connectivity index is 2.39. The van der Waals surface area contributed by atoms with Crippen LogP contribution in [0.3, 0.4) is 0 Å². The summed E-state index contributed by atoms with van der Waals surface area (Å²) in [5.41, 5.74) is 11.4. The molecule has 2 heterocycles. The van der Waals surface area contributed by atoms with Gasteiger partial charge in [0, 0.05) is 13.1 Å². The van der Waals surface area contributed by atoms with Gasteiger partial charge in [-0.25, -0.2) is 9.97 Å². The summed E-state index contributed by atoms with van der Waals surface area (Å²) in [5.74, 6) is 18.4. The van der Waals surface area contributed by atoms with E-state index in [9.17, 15) is 0 Å². The van der Waals surface area contributed by atoms with Gasteiger partial charge in [-0.2, -0.15) is 0 Å². The zero-order valence-electron chi connectivity index (χ0n) is 25.3. The second-order valence-corrected chi connectivity index (χ2v) is 20.9. The Labute approximate surface area is 244 Å². The highest BCUT2D eigenvalue weighted by molar-refractivity contribution is 6.84. The van der Waals surface area contributed by atoms with Crippen LogP contribution in [0, 0.1) is 46.6 Å². The molecule has 0 bridgehead atoms. The summed E-state index contributed by atoms with van der Waals surface area (Å²) in [6.45, 7) is 19.2. The van der Waals surface area contributed by atoms with Crippen molar-refractivity contribution in [2.75, 3.05) is 13.1 Å². The number of nitrogens with one attached hydrogen (secondary N) is 2. The van der Waals surface area contributed by atoms with Gasteiger partial charge < -0.3 is 10.6 Å². The molecule has 0 spiro atoms. The largest absolute Gasteiger partial charge is 0.378 e. The Morgan fingerprint density at radius 1 is 0.650 bits per heavy atom. The maximum Gasteiger partial charge on any atom is 0.130 e. The van der Waals surface area contributed by atoms with E-state index in [4.69, 9.17) is 9.97 Å². The summed E-state index contributed by atoms with van der Waals surface area (Å²) in [6, 6.07) is 11.9. The van der Waals surface area contributed by atoms with E-state index in [-0.39, 0.29) is 0 Å². The number of allylic oxidation sites excluding steroid dienone is 2. The third-order valence-corrected chi connectivity index (χ3v) is 6.66. The molecule has 0 amide bonds. The normalized spacial score (nSPS) is 11.4.